The Bertz CT molecular complexity index is 1610. The molecule has 2 aromatic carbocycles. The molecule has 6 rings (SSSR count). The summed E-state index contributed by atoms with van der Waals surface area (Å²) < 4.78 is 35.4. The molecular formula is C31H32BrF2N5O5. The monoisotopic (exact) mass is 671 g/mol. The van der Waals surface area contributed by atoms with Crippen molar-refractivity contribution in [3.05, 3.63) is 74.5 Å². The van der Waals surface area contributed by atoms with Gasteiger partial charge in [-0.1, -0.05) is 52.2 Å². The summed E-state index contributed by atoms with van der Waals surface area (Å²) in [5, 5.41) is 17.5. The van der Waals surface area contributed by atoms with Crippen LogP contribution in [-0.2, 0) is 36.2 Å². The first-order valence-electron chi connectivity index (χ1n) is 14.7. The molecule has 44 heavy (non-hydrogen) atoms. The largest absolute Gasteiger partial charge is 0.487 e. The van der Waals surface area contributed by atoms with Gasteiger partial charge >= 0.3 is 5.97 Å². The van der Waals surface area contributed by atoms with Gasteiger partial charge in [0.25, 0.3) is 12.3 Å². The minimum Gasteiger partial charge on any atom is -0.487 e. The van der Waals surface area contributed by atoms with Gasteiger partial charge in [-0.25, -0.2) is 13.5 Å². The highest BCUT2D eigenvalue weighted by atomic mass is 79.9. The van der Waals surface area contributed by atoms with E-state index in [0.717, 1.165) is 33.1 Å². The Morgan fingerprint density at radius 3 is 2.61 bits per heavy atom. The minimum atomic E-state index is -2.80. The third-order valence-electron chi connectivity index (χ3n) is 9.06. The van der Waals surface area contributed by atoms with Crippen molar-refractivity contribution in [1.82, 2.24) is 24.8 Å². The second-order valence-corrected chi connectivity index (χ2v) is 12.4. The van der Waals surface area contributed by atoms with Crippen LogP contribution in [0.2, 0.25) is 0 Å². The molecule has 3 aromatic rings. The Morgan fingerprint density at radius 2 is 1.89 bits per heavy atom. The van der Waals surface area contributed by atoms with Gasteiger partial charge in [0.05, 0.1) is 17.9 Å². The topological polar surface area (TPSA) is 118 Å². The van der Waals surface area contributed by atoms with Crippen LogP contribution in [-0.4, -0.2) is 60.8 Å². The third-order valence-corrected chi connectivity index (χ3v) is 9.80. The Kier molecular flexibility index (Phi) is 8.40. The highest BCUT2D eigenvalue weighted by molar-refractivity contribution is 9.10. The van der Waals surface area contributed by atoms with Gasteiger partial charge in [-0.15, -0.1) is 5.10 Å². The summed E-state index contributed by atoms with van der Waals surface area (Å²) in [6.07, 6.45) is 0.0902. The Hall–Kier alpha value is -3.87. The summed E-state index contributed by atoms with van der Waals surface area (Å²) in [6, 6.07) is 10.2. The first-order valence-corrected chi connectivity index (χ1v) is 15.5. The van der Waals surface area contributed by atoms with Crippen molar-refractivity contribution in [1.29, 1.82) is 0 Å². The first kappa shape index (κ1) is 30.2. The number of aryl methyl sites for hydroxylation is 1. The molecule has 1 fully saturated rings. The highest BCUT2D eigenvalue weighted by Gasteiger charge is 2.44. The SMILES string of the molecule is Cn1nnc(COc2ccc(Br)c3c2[C@@H](CN2Cc4ccccc4C2=O)N(C(=O)C2CCCCC2C(=O)O)CC3)c1C(F)F. The third kappa shape index (κ3) is 5.46. The van der Waals surface area contributed by atoms with Gasteiger partial charge in [0.15, 0.2) is 0 Å². The van der Waals surface area contributed by atoms with Crippen LogP contribution in [0.3, 0.4) is 0 Å². The number of carboxylic acids is 1. The van der Waals surface area contributed by atoms with E-state index in [1.165, 1.54) is 7.05 Å². The van der Waals surface area contributed by atoms with Crippen LogP contribution in [0.4, 0.5) is 8.78 Å². The second-order valence-electron chi connectivity index (χ2n) is 11.5. The maximum atomic E-state index is 14.3. The lowest BCUT2D eigenvalue weighted by Crippen LogP contribution is -2.50. The summed E-state index contributed by atoms with van der Waals surface area (Å²) in [6.45, 7) is 0.568. The number of alkyl halides is 2. The smallest absolute Gasteiger partial charge is 0.307 e. The van der Waals surface area contributed by atoms with Gasteiger partial charge in [-0.3, -0.25) is 14.4 Å². The van der Waals surface area contributed by atoms with Crippen molar-refractivity contribution < 1.29 is 33.0 Å². The maximum absolute atomic E-state index is 14.3. The number of hydrogen-bond acceptors (Lipinski definition) is 6. The Labute approximate surface area is 261 Å². The zero-order valence-electron chi connectivity index (χ0n) is 24.1. The molecule has 0 bridgehead atoms. The zero-order chi connectivity index (χ0) is 31.1. The lowest BCUT2D eigenvalue weighted by molar-refractivity contribution is -0.153. The van der Waals surface area contributed by atoms with Crippen LogP contribution in [0.25, 0.3) is 0 Å². The summed E-state index contributed by atoms with van der Waals surface area (Å²) in [7, 11) is 1.39. The van der Waals surface area contributed by atoms with E-state index in [-0.39, 0.29) is 36.4 Å². The number of carboxylic acid groups (broad SMARTS) is 1. The van der Waals surface area contributed by atoms with Crippen LogP contribution in [0.5, 0.6) is 5.75 Å². The molecule has 1 saturated carbocycles. The average Bonchev–Trinajstić information content (AvgIpc) is 3.55. The second kappa shape index (κ2) is 12.3. The summed E-state index contributed by atoms with van der Waals surface area (Å²) >= 11 is 3.64. The molecule has 232 valence electrons. The number of hydrogen-bond donors (Lipinski definition) is 1. The number of ether oxygens (including phenoxy) is 1. The number of aliphatic carboxylic acids is 1. The number of rotatable bonds is 8. The van der Waals surface area contributed by atoms with Crippen molar-refractivity contribution >= 4 is 33.7 Å². The molecular weight excluding hydrogens is 640 g/mol. The number of amides is 2. The van der Waals surface area contributed by atoms with E-state index in [1.54, 1.807) is 21.9 Å². The van der Waals surface area contributed by atoms with Gasteiger partial charge in [-0.05, 0) is 48.6 Å². The highest BCUT2D eigenvalue weighted by Crippen LogP contribution is 2.44. The zero-order valence-corrected chi connectivity index (χ0v) is 25.7. The average molecular weight is 673 g/mol. The normalized spacial score (nSPS) is 21.4. The molecule has 2 unspecified atom stereocenters. The standard InChI is InChI=1S/C31H32BrF2N5O5/c1-37-27(28(33)34)23(35-36-37)16-44-25-11-10-22(32)21-12-13-39(30(41)19-8-4-5-9-20(19)31(42)43)24(26(21)25)15-38-14-17-6-2-3-7-18(17)29(38)40/h2-3,6-7,10-11,19-20,24,28H,4-5,8-9,12-16H2,1H3,(H,42,43)/t19?,20?,24-/m1/s1. The number of benzene rings is 2. The predicted molar refractivity (Wildman–Crippen MR) is 157 cm³/mol. The quantitative estimate of drug-likeness (QED) is 0.355. The van der Waals surface area contributed by atoms with E-state index < -0.39 is 30.3 Å². The number of aromatic nitrogens is 3. The Balaban J connectivity index is 1.39. The van der Waals surface area contributed by atoms with Crippen molar-refractivity contribution in [3.63, 3.8) is 0 Å². The fraction of sp³-hybridized carbons (Fsp3) is 0.452. The molecule has 10 nitrogen and oxygen atoms in total. The summed E-state index contributed by atoms with van der Waals surface area (Å²) in [5.74, 6) is -2.47. The molecule has 2 aliphatic heterocycles. The van der Waals surface area contributed by atoms with E-state index in [9.17, 15) is 28.3 Å². The molecule has 1 aromatic heterocycles. The van der Waals surface area contributed by atoms with Crippen LogP contribution in [0.1, 0.15) is 76.6 Å². The first-order chi connectivity index (χ1) is 21.2. The molecule has 1 N–H and O–H groups in total. The number of carbonyl (C=O) groups excluding carboxylic acids is 2. The molecule has 0 spiro atoms. The number of carbonyl (C=O) groups is 3. The van der Waals surface area contributed by atoms with Gasteiger partial charge < -0.3 is 19.6 Å². The van der Waals surface area contributed by atoms with Gasteiger partial charge in [0, 0.05) is 42.3 Å². The molecule has 2 amide bonds. The predicted octanol–water partition coefficient (Wildman–Crippen LogP) is 5.07. The summed E-state index contributed by atoms with van der Waals surface area (Å²) in [5.41, 5.74) is 2.68. The lowest BCUT2D eigenvalue weighted by atomic mass is 9.77. The minimum absolute atomic E-state index is 0.00358. The van der Waals surface area contributed by atoms with Crippen molar-refractivity contribution in [2.24, 2.45) is 18.9 Å². The van der Waals surface area contributed by atoms with Crippen molar-refractivity contribution in [3.8, 4) is 5.75 Å². The van der Waals surface area contributed by atoms with Crippen LogP contribution in [0.15, 0.2) is 40.9 Å². The van der Waals surface area contributed by atoms with E-state index in [2.05, 4.69) is 26.2 Å². The molecule has 3 aliphatic rings. The molecule has 3 heterocycles. The summed E-state index contributed by atoms with van der Waals surface area (Å²) in [4.78, 5) is 43.3. The van der Waals surface area contributed by atoms with Crippen LogP contribution < -0.4 is 4.74 Å². The number of fused-ring (bicyclic) bond motifs is 2. The van der Waals surface area contributed by atoms with Gasteiger partial charge in [0.1, 0.15) is 23.7 Å². The fourth-order valence-corrected chi connectivity index (χ4v) is 7.43. The number of nitrogens with zero attached hydrogens (tertiary/aromatic N) is 5. The van der Waals surface area contributed by atoms with Crippen molar-refractivity contribution in [2.75, 3.05) is 13.1 Å². The molecule has 0 radical (unpaired) electrons. The van der Waals surface area contributed by atoms with Gasteiger partial charge in [-0.2, -0.15) is 0 Å². The van der Waals surface area contributed by atoms with E-state index in [4.69, 9.17) is 4.74 Å². The van der Waals surface area contributed by atoms with Gasteiger partial charge in [0.2, 0.25) is 5.91 Å². The Morgan fingerprint density at radius 1 is 1.14 bits per heavy atom. The molecule has 0 saturated heterocycles. The van der Waals surface area contributed by atoms with E-state index >= 15 is 0 Å². The molecule has 3 atom stereocenters. The molecule has 13 heteroatoms. The van der Waals surface area contributed by atoms with E-state index in [1.807, 2.05) is 24.3 Å². The fourth-order valence-electron chi connectivity index (χ4n) is 6.89. The van der Waals surface area contributed by atoms with Crippen LogP contribution in [0, 0.1) is 11.8 Å². The lowest BCUT2D eigenvalue weighted by Gasteiger charge is -2.43. The molecule has 1 aliphatic carbocycles. The number of halogens is 3. The van der Waals surface area contributed by atoms with Crippen LogP contribution >= 0.6 is 15.9 Å². The van der Waals surface area contributed by atoms with Crippen molar-refractivity contribution in [2.45, 2.75) is 57.7 Å². The maximum Gasteiger partial charge on any atom is 0.307 e. The van der Waals surface area contributed by atoms with E-state index in [0.29, 0.717) is 49.2 Å².